The lowest BCUT2D eigenvalue weighted by atomic mass is 9.89. The molecule has 0 spiro atoms. The molecule has 1 aliphatic heterocycles. The van der Waals surface area contributed by atoms with Gasteiger partial charge in [0.25, 0.3) is 0 Å². The minimum absolute atomic E-state index is 0.0815. The van der Waals surface area contributed by atoms with Gasteiger partial charge in [-0.2, -0.15) is 0 Å². The van der Waals surface area contributed by atoms with E-state index in [-0.39, 0.29) is 23.5 Å². The summed E-state index contributed by atoms with van der Waals surface area (Å²) in [7, 11) is 0. The van der Waals surface area contributed by atoms with Gasteiger partial charge in [0.05, 0.1) is 6.04 Å². The van der Waals surface area contributed by atoms with E-state index in [1.807, 2.05) is 24.3 Å². The number of carbonyl (C=O) groups excluding carboxylic acids is 1. The van der Waals surface area contributed by atoms with Crippen molar-refractivity contribution < 1.29 is 9.53 Å². The van der Waals surface area contributed by atoms with Gasteiger partial charge >= 0.3 is 0 Å². The highest BCUT2D eigenvalue weighted by Crippen LogP contribution is 2.40. The molecule has 1 amide bonds. The summed E-state index contributed by atoms with van der Waals surface area (Å²) in [4.78, 5) is 11.9. The van der Waals surface area contributed by atoms with E-state index >= 15 is 0 Å². The third kappa shape index (κ3) is 2.22. The molecular weight excluding hydrogens is 226 g/mol. The zero-order valence-corrected chi connectivity index (χ0v) is 10.9. The van der Waals surface area contributed by atoms with Crippen molar-refractivity contribution in [3.63, 3.8) is 0 Å². The van der Waals surface area contributed by atoms with Crippen LogP contribution in [-0.4, -0.2) is 11.5 Å². The number of carbonyl (C=O) groups is 1. The fourth-order valence-electron chi connectivity index (χ4n) is 2.57. The quantitative estimate of drug-likeness (QED) is 0.870. The molecule has 96 valence electrons. The average Bonchev–Trinajstić information content (AvgIpc) is 3.11. The Hall–Kier alpha value is -1.51. The summed E-state index contributed by atoms with van der Waals surface area (Å²) in [5, 5.41) is 3.17. The first kappa shape index (κ1) is 11.6. The molecule has 1 aliphatic carbocycles. The van der Waals surface area contributed by atoms with Crippen LogP contribution in [0, 0.1) is 5.92 Å². The maximum atomic E-state index is 11.9. The summed E-state index contributed by atoms with van der Waals surface area (Å²) in [5.74, 6) is 1.35. The zero-order chi connectivity index (χ0) is 12.8. The zero-order valence-electron chi connectivity index (χ0n) is 10.9. The van der Waals surface area contributed by atoms with Crippen LogP contribution in [0.4, 0.5) is 0 Å². The van der Waals surface area contributed by atoms with Gasteiger partial charge in [0.2, 0.25) is 5.91 Å². The third-order valence-electron chi connectivity index (χ3n) is 3.64. The number of nitrogens with one attached hydrogen (secondary N) is 1. The van der Waals surface area contributed by atoms with Gasteiger partial charge in [0.15, 0.2) is 0 Å². The van der Waals surface area contributed by atoms with E-state index < -0.39 is 0 Å². The van der Waals surface area contributed by atoms with E-state index in [9.17, 15) is 4.79 Å². The van der Waals surface area contributed by atoms with Gasteiger partial charge in [-0.3, -0.25) is 4.79 Å². The van der Waals surface area contributed by atoms with Crippen molar-refractivity contribution in [1.82, 2.24) is 5.32 Å². The Morgan fingerprint density at radius 3 is 2.78 bits per heavy atom. The number of rotatable bonds is 2. The van der Waals surface area contributed by atoms with Gasteiger partial charge in [-0.1, -0.05) is 18.2 Å². The maximum Gasteiger partial charge on any atom is 0.223 e. The molecule has 1 atom stereocenters. The van der Waals surface area contributed by atoms with E-state index in [1.54, 1.807) is 0 Å². The highest BCUT2D eigenvalue weighted by molar-refractivity contribution is 5.81. The van der Waals surface area contributed by atoms with Gasteiger partial charge in [0.1, 0.15) is 11.4 Å². The predicted octanol–water partition coefficient (Wildman–Crippen LogP) is 2.82. The highest BCUT2D eigenvalue weighted by Gasteiger charge is 2.37. The van der Waals surface area contributed by atoms with Crippen molar-refractivity contribution in [2.24, 2.45) is 5.92 Å². The van der Waals surface area contributed by atoms with Gasteiger partial charge in [0, 0.05) is 17.9 Å². The molecule has 0 aromatic heterocycles. The van der Waals surface area contributed by atoms with E-state index in [4.69, 9.17) is 4.74 Å². The molecule has 1 N–H and O–H groups in total. The Morgan fingerprint density at radius 2 is 2.06 bits per heavy atom. The van der Waals surface area contributed by atoms with Crippen molar-refractivity contribution in [2.75, 3.05) is 0 Å². The normalized spacial score (nSPS) is 24.9. The second-order valence-electron chi connectivity index (χ2n) is 5.94. The van der Waals surface area contributed by atoms with Crippen molar-refractivity contribution in [2.45, 2.75) is 44.8 Å². The van der Waals surface area contributed by atoms with E-state index in [0.717, 1.165) is 30.6 Å². The van der Waals surface area contributed by atoms with E-state index in [2.05, 4.69) is 19.2 Å². The van der Waals surface area contributed by atoms with Crippen LogP contribution in [0.3, 0.4) is 0 Å². The Balaban J connectivity index is 1.86. The standard InChI is InChI=1S/C15H19NO2/c1-15(2)9-12(16-14(17)10-7-8-10)11-5-3-4-6-13(11)18-15/h3-6,10,12H,7-9H2,1-2H3,(H,16,17)/t12-/m0/s1. The number of hydrogen-bond acceptors (Lipinski definition) is 2. The van der Waals surface area contributed by atoms with Crippen molar-refractivity contribution in [3.8, 4) is 5.75 Å². The van der Waals surface area contributed by atoms with Crippen molar-refractivity contribution in [1.29, 1.82) is 0 Å². The Labute approximate surface area is 108 Å². The van der Waals surface area contributed by atoms with Crippen LogP contribution in [0.25, 0.3) is 0 Å². The Bertz CT molecular complexity index is 477. The molecule has 1 saturated carbocycles. The summed E-state index contributed by atoms with van der Waals surface area (Å²) < 4.78 is 5.96. The fourth-order valence-corrected chi connectivity index (χ4v) is 2.57. The first-order valence-corrected chi connectivity index (χ1v) is 6.63. The average molecular weight is 245 g/mol. The van der Waals surface area contributed by atoms with Crippen LogP contribution in [0.1, 0.15) is 44.7 Å². The largest absolute Gasteiger partial charge is 0.487 e. The molecule has 2 aliphatic rings. The monoisotopic (exact) mass is 245 g/mol. The highest BCUT2D eigenvalue weighted by atomic mass is 16.5. The molecule has 1 fully saturated rings. The second-order valence-corrected chi connectivity index (χ2v) is 5.94. The van der Waals surface area contributed by atoms with Crippen LogP contribution in [0.2, 0.25) is 0 Å². The molecule has 0 bridgehead atoms. The fraction of sp³-hybridized carbons (Fsp3) is 0.533. The summed E-state index contributed by atoms with van der Waals surface area (Å²) >= 11 is 0. The smallest absolute Gasteiger partial charge is 0.223 e. The summed E-state index contributed by atoms with van der Waals surface area (Å²) in [6.45, 7) is 4.14. The summed E-state index contributed by atoms with van der Waals surface area (Å²) in [5.41, 5.74) is 0.876. The van der Waals surface area contributed by atoms with Crippen molar-refractivity contribution >= 4 is 5.91 Å². The molecule has 3 nitrogen and oxygen atoms in total. The minimum atomic E-state index is -0.226. The first-order chi connectivity index (χ1) is 8.55. The van der Waals surface area contributed by atoms with Crippen LogP contribution < -0.4 is 10.1 Å². The number of fused-ring (bicyclic) bond motifs is 1. The van der Waals surface area contributed by atoms with Crippen LogP contribution in [-0.2, 0) is 4.79 Å². The summed E-state index contributed by atoms with van der Waals surface area (Å²) in [6, 6.07) is 8.07. The summed E-state index contributed by atoms with van der Waals surface area (Å²) in [6.07, 6.45) is 2.91. The minimum Gasteiger partial charge on any atom is -0.487 e. The van der Waals surface area contributed by atoms with E-state index in [1.165, 1.54) is 0 Å². The number of ether oxygens (including phenoxy) is 1. The van der Waals surface area contributed by atoms with Gasteiger partial charge in [-0.25, -0.2) is 0 Å². The lowest BCUT2D eigenvalue weighted by molar-refractivity contribution is -0.123. The molecule has 0 radical (unpaired) electrons. The SMILES string of the molecule is CC1(C)C[C@H](NC(=O)C2CC2)c2ccccc2O1. The molecule has 1 aromatic rings. The molecule has 1 heterocycles. The lowest BCUT2D eigenvalue weighted by Gasteiger charge is -2.37. The number of hydrogen-bond donors (Lipinski definition) is 1. The van der Waals surface area contributed by atoms with Crippen LogP contribution in [0.15, 0.2) is 24.3 Å². The number of amides is 1. The molecule has 18 heavy (non-hydrogen) atoms. The first-order valence-electron chi connectivity index (χ1n) is 6.63. The van der Waals surface area contributed by atoms with Crippen molar-refractivity contribution in [3.05, 3.63) is 29.8 Å². The molecule has 3 rings (SSSR count). The Kier molecular flexibility index (Phi) is 2.58. The van der Waals surface area contributed by atoms with Crippen LogP contribution in [0.5, 0.6) is 5.75 Å². The molecule has 1 aromatic carbocycles. The maximum absolute atomic E-state index is 11.9. The topological polar surface area (TPSA) is 38.3 Å². The van der Waals surface area contributed by atoms with Gasteiger partial charge < -0.3 is 10.1 Å². The number of benzene rings is 1. The molecular formula is C15H19NO2. The lowest BCUT2D eigenvalue weighted by Crippen LogP contribution is -2.41. The van der Waals surface area contributed by atoms with Gasteiger partial charge in [-0.15, -0.1) is 0 Å². The molecule has 0 unspecified atom stereocenters. The molecule has 3 heteroatoms. The van der Waals surface area contributed by atoms with Gasteiger partial charge in [-0.05, 0) is 32.8 Å². The third-order valence-corrected chi connectivity index (χ3v) is 3.64. The van der Waals surface area contributed by atoms with Crippen LogP contribution >= 0.6 is 0 Å². The van der Waals surface area contributed by atoms with E-state index in [0.29, 0.717) is 0 Å². The predicted molar refractivity (Wildman–Crippen MR) is 69.4 cm³/mol. The molecule has 0 saturated heterocycles. The number of para-hydroxylation sites is 1. The Morgan fingerprint density at radius 1 is 1.33 bits per heavy atom. The second kappa shape index (κ2) is 4.01.